The second kappa shape index (κ2) is 12.1. The summed E-state index contributed by atoms with van der Waals surface area (Å²) in [4.78, 5) is 31.5. The largest absolute Gasteiger partial charge is 0.381 e. The van der Waals surface area contributed by atoms with E-state index in [1.807, 2.05) is 19.1 Å². The van der Waals surface area contributed by atoms with Gasteiger partial charge in [0, 0.05) is 56.4 Å². The van der Waals surface area contributed by atoms with Gasteiger partial charge in [0.1, 0.15) is 0 Å². The number of amides is 1. The Hall–Kier alpha value is -3.50. The summed E-state index contributed by atoms with van der Waals surface area (Å²) in [5, 5.41) is 5.42. The van der Waals surface area contributed by atoms with Crippen LogP contribution in [0.5, 0.6) is 0 Å². The van der Waals surface area contributed by atoms with Gasteiger partial charge in [0.15, 0.2) is 0 Å². The minimum absolute atomic E-state index is 0.0206. The molecule has 0 unspecified atom stereocenters. The number of hydrogen-bond donors (Lipinski definition) is 3. The molecule has 2 aromatic carbocycles. The monoisotopic (exact) mass is 531 g/mol. The van der Waals surface area contributed by atoms with Crippen LogP contribution in [0.2, 0.25) is 0 Å². The molecule has 1 amide bonds. The van der Waals surface area contributed by atoms with Crippen LogP contribution in [-0.2, 0) is 22.6 Å². The first-order valence-corrected chi connectivity index (χ1v) is 13.6. The number of aromatic amines is 1. The summed E-state index contributed by atoms with van der Waals surface area (Å²) in [6, 6.07) is 12.0. The van der Waals surface area contributed by atoms with Crippen LogP contribution >= 0.6 is 0 Å². The number of aromatic nitrogens is 1. The van der Waals surface area contributed by atoms with Crippen molar-refractivity contribution in [2.75, 3.05) is 44.5 Å². The molecule has 9 nitrogen and oxygen atoms in total. The first-order valence-electron chi connectivity index (χ1n) is 13.6. The van der Waals surface area contributed by atoms with Crippen LogP contribution in [-0.4, -0.2) is 61.3 Å². The molecular formula is C30H37N5O4. The summed E-state index contributed by atoms with van der Waals surface area (Å²) in [5.41, 5.74) is 4.92. The summed E-state index contributed by atoms with van der Waals surface area (Å²) in [7, 11) is 0. The molecule has 4 N–H and O–H groups in total. The van der Waals surface area contributed by atoms with Crippen molar-refractivity contribution in [3.63, 3.8) is 0 Å². The number of anilines is 1. The van der Waals surface area contributed by atoms with E-state index in [1.54, 1.807) is 5.01 Å². The van der Waals surface area contributed by atoms with Crippen LogP contribution in [0.25, 0.3) is 17.0 Å². The predicted octanol–water partition coefficient (Wildman–Crippen LogP) is 3.10. The van der Waals surface area contributed by atoms with E-state index in [0.29, 0.717) is 47.5 Å². The van der Waals surface area contributed by atoms with E-state index in [9.17, 15) is 9.59 Å². The van der Waals surface area contributed by atoms with E-state index in [1.165, 1.54) is 11.6 Å². The molecule has 2 saturated heterocycles. The summed E-state index contributed by atoms with van der Waals surface area (Å²) in [5.74, 6) is 6.44. The highest BCUT2D eigenvalue weighted by molar-refractivity contribution is 6.03. The number of pyridine rings is 1. The van der Waals surface area contributed by atoms with Crippen molar-refractivity contribution in [2.45, 2.75) is 38.9 Å². The molecule has 3 heterocycles. The molecule has 0 spiro atoms. The molecule has 5 rings (SSSR count). The number of carbonyl (C=O) groups is 1. The van der Waals surface area contributed by atoms with Gasteiger partial charge in [-0.15, -0.1) is 0 Å². The fourth-order valence-electron chi connectivity index (χ4n) is 5.37. The number of ether oxygens (including phenoxy) is 2. The van der Waals surface area contributed by atoms with Crippen molar-refractivity contribution in [1.82, 2.24) is 15.2 Å². The lowest BCUT2D eigenvalue weighted by Crippen LogP contribution is -2.45. The second-order valence-electron chi connectivity index (χ2n) is 10.3. The van der Waals surface area contributed by atoms with Gasteiger partial charge < -0.3 is 24.8 Å². The number of hydrogen-bond acceptors (Lipinski definition) is 7. The lowest BCUT2D eigenvalue weighted by atomic mass is 9.99. The molecule has 39 heavy (non-hydrogen) atoms. The van der Waals surface area contributed by atoms with Crippen LogP contribution in [0.3, 0.4) is 0 Å². The molecule has 1 aromatic heterocycles. The highest BCUT2D eigenvalue weighted by atomic mass is 16.5. The molecule has 0 saturated carbocycles. The molecule has 2 fully saturated rings. The standard InChI is InChI=1S/C30H37N5O4/c1-3-24-28(35(31)23-8-12-38-13-9-23)26-17-25(20(2)16-27(26)33-30(24)37)29(36)32-18-21-4-6-22(7-5-21)19-34-10-14-39-15-11-34/h3-7,16-17,23H,1,8-15,18-19,31H2,2H3,(H,32,36)(H,33,37). The molecule has 3 aromatic rings. The Kier molecular flexibility index (Phi) is 8.42. The number of carbonyl (C=O) groups excluding carboxylic acids is 1. The number of nitrogens with two attached hydrogens (primary N) is 1. The van der Waals surface area contributed by atoms with Gasteiger partial charge in [0.25, 0.3) is 11.5 Å². The predicted molar refractivity (Wildman–Crippen MR) is 154 cm³/mol. The Bertz CT molecular complexity index is 1390. The van der Waals surface area contributed by atoms with Gasteiger partial charge in [-0.3, -0.25) is 14.5 Å². The third kappa shape index (κ3) is 6.07. The maximum atomic E-state index is 13.3. The average molecular weight is 532 g/mol. The average Bonchev–Trinajstić information content (AvgIpc) is 2.96. The van der Waals surface area contributed by atoms with E-state index in [-0.39, 0.29) is 17.5 Å². The van der Waals surface area contributed by atoms with Gasteiger partial charge in [-0.2, -0.15) is 0 Å². The Morgan fingerprint density at radius 3 is 2.49 bits per heavy atom. The normalized spacial score (nSPS) is 16.8. The number of morpholine rings is 1. The lowest BCUT2D eigenvalue weighted by Gasteiger charge is -2.33. The Balaban J connectivity index is 1.36. The van der Waals surface area contributed by atoms with Crippen molar-refractivity contribution in [1.29, 1.82) is 0 Å². The fourth-order valence-corrected chi connectivity index (χ4v) is 5.37. The maximum Gasteiger partial charge on any atom is 0.257 e. The molecule has 0 aliphatic carbocycles. The third-order valence-corrected chi connectivity index (χ3v) is 7.64. The minimum atomic E-state index is -0.260. The molecule has 0 bridgehead atoms. The zero-order chi connectivity index (χ0) is 27.4. The van der Waals surface area contributed by atoms with E-state index < -0.39 is 0 Å². The van der Waals surface area contributed by atoms with Crippen LogP contribution < -0.4 is 21.7 Å². The molecule has 9 heteroatoms. The van der Waals surface area contributed by atoms with Gasteiger partial charge in [0.05, 0.1) is 30.0 Å². The van der Waals surface area contributed by atoms with Gasteiger partial charge in [-0.1, -0.05) is 36.9 Å². The number of rotatable bonds is 8. The summed E-state index contributed by atoms with van der Waals surface area (Å²) in [6.07, 6.45) is 3.03. The van der Waals surface area contributed by atoms with Crippen LogP contribution in [0.1, 0.15) is 45.5 Å². The summed E-state index contributed by atoms with van der Waals surface area (Å²) in [6.45, 7) is 11.7. The van der Waals surface area contributed by atoms with Crippen molar-refractivity contribution < 1.29 is 14.3 Å². The first kappa shape index (κ1) is 27.1. The third-order valence-electron chi connectivity index (χ3n) is 7.64. The molecular weight excluding hydrogens is 494 g/mol. The molecule has 2 aliphatic heterocycles. The number of nitrogens with one attached hydrogen (secondary N) is 2. The summed E-state index contributed by atoms with van der Waals surface area (Å²) >= 11 is 0. The molecule has 2 aliphatic rings. The Labute approximate surface area is 228 Å². The van der Waals surface area contributed by atoms with Crippen LogP contribution in [0, 0.1) is 6.92 Å². The van der Waals surface area contributed by atoms with Crippen molar-refractivity contribution in [3.05, 3.63) is 81.1 Å². The van der Waals surface area contributed by atoms with Crippen molar-refractivity contribution in [3.8, 4) is 0 Å². The zero-order valence-electron chi connectivity index (χ0n) is 22.5. The quantitative estimate of drug-likeness (QED) is 0.302. The Morgan fingerprint density at radius 2 is 1.79 bits per heavy atom. The molecule has 0 atom stereocenters. The number of fused-ring (bicyclic) bond motifs is 1. The number of aryl methyl sites for hydroxylation is 1. The van der Waals surface area contributed by atoms with E-state index in [2.05, 4.69) is 46.0 Å². The second-order valence-corrected chi connectivity index (χ2v) is 10.3. The van der Waals surface area contributed by atoms with Crippen molar-refractivity contribution in [2.24, 2.45) is 5.84 Å². The first-order chi connectivity index (χ1) is 18.9. The van der Waals surface area contributed by atoms with E-state index >= 15 is 0 Å². The Morgan fingerprint density at radius 1 is 1.13 bits per heavy atom. The highest BCUT2D eigenvalue weighted by Crippen LogP contribution is 2.32. The highest BCUT2D eigenvalue weighted by Gasteiger charge is 2.25. The van der Waals surface area contributed by atoms with E-state index in [4.69, 9.17) is 15.3 Å². The van der Waals surface area contributed by atoms with Gasteiger partial charge >= 0.3 is 0 Å². The van der Waals surface area contributed by atoms with Gasteiger partial charge in [-0.25, -0.2) is 5.84 Å². The zero-order valence-corrected chi connectivity index (χ0v) is 22.5. The maximum absolute atomic E-state index is 13.3. The van der Waals surface area contributed by atoms with Crippen molar-refractivity contribution >= 4 is 28.6 Å². The molecule has 206 valence electrons. The lowest BCUT2D eigenvalue weighted by molar-refractivity contribution is 0.0342. The van der Waals surface area contributed by atoms with Gasteiger partial charge in [0.2, 0.25) is 0 Å². The van der Waals surface area contributed by atoms with E-state index in [0.717, 1.165) is 56.8 Å². The van der Waals surface area contributed by atoms with Crippen LogP contribution in [0.4, 0.5) is 5.69 Å². The topological polar surface area (TPSA) is 113 Å². The number of hydrazine groups is 1. The SMILES string of the molecule is C=Cc1c(N(N)C2CCOCC2)c2cc(C(=O)NCc3ccc(CN4CCOCC4)cc3)c(C)cc2[nH]c1=O. The minimum Gasteiger partial charge on any atom is -0.381 e. The van der Waals surface area contributed by atoms with Crippen LogP contribution in [0.15, 0.2) is 47.8 Å². The smallest absolute Gasteiger partial charge is 0.257 e. The summed E-state index contributed by atoms with van der Waals surface area (Å²) < 4.78 is 10.9. The number of H-pyrrole nitrogens is 1. The van der Waals surface area contributed by atoms with Gasteiger partial charge in [-0.05, 0) is 48.6 Å². The molecule has 0 radical (unpaired) electrons. The fraction of sp³-hybridized carbons (Fsp3) is 0.400. The number of benzene rings is 2. The number of nitrogens with zero attached hydrogens (tertiary/aromatic N) is 2.